The highest BCUT2D eigenvalue weighted by atomic mass is 19.1. The molecule has 48 heavy (non-hydrogen) atoms. The minimum absolute atomic E-state index is 0.0346. The van der Waals surface area contributed by atoms with Crippen molar-refractivity contribution < 1.29 is 22.7 Å². The number of carbonyl (C=O) groups excluding carboxylic acids is 1. The molecular weight excluding hydrogens is 617 g/mol. The molecule has 0 bridgehead atoms. The SMILES string of the molecule is C=C(F)C(=O)N1CCN(c2c(C#N)c(OCC34CCCN3C[C@H](F)C4)nc3c(F)c(-c4cccc5c4C4CC4C5)ccc23)C[C@@H]1CC#N. The quantitative estimate of drug-likeness (QED) is 0.292. The second-order valence-corrected chi connectivity index (χ2v) is 14.0. The lowest BCUT2D eigenvalue weighted by Crippen LogP contribution is -2.55. The molecule has 3 unspecified atom stereocenters. The lowest BCUT2D eigenvalue weighted by molar-refractivity contribution is -0.131. The molecule has 2 aromatic carbocycles. The van der Waals surface area contributed by atoms with Gasteiger partial charge in [-0.25, -0.2) is 18.2 Å². The molecule has 3 aliphatic heterocycles. The highest BCUT2D eigenvalue weighted by Crippen LogP contribution is 2.59. The minimum atomic E-state index is -1.11. The topological polar surface area (TPSA) is 96.5 Å². The molecule has 3 aromatic rings. The number of amides is 1. The number of hydrogen-bond acceptors (Lipinski definition) is 7. The van der Waals surface area contributed by atoms with Gasteiger partial charge in [0.15, 0.2) is 11.6 Å². The third-order valence-electron chi connectivity index (χ3n) is 11.3. The summed E-state index contributed by atoms with van der Waals surface area (Å²) in [6, 6.07) is 13.2. The number of alkyl halides is 1. The van der Waals surface area contributed by atoms with E-state index in [9.17, 15) is 24.1 Å². The average Bonchev–Trinajstić information content (AvgIpc) is 3.40. The molecule has 4 heterocycles. The molecule has 11 heteroatoms. The van der Waals surface area contributed by atoms with Gasteiger partial charge in [-0.05, 0) is 66.8 Å². The van der Waals surface area contributed by atoms with Gasteiger partial charge >= 0.3 is 0 Å². The Labute approximate surface area is 277 Å². The molecule has 8 rings (SSSR count). The van der Waals surface area contributed by atoms with Gasteiger partial charge in [-0.2, -0.15) is 10.5 Å². The fourth-order valence-corrected chi connectivity index (χ4v) is 8.99. The van der Waals surface area contributed by atoms with Gasteiger partial charge in [0, 0.05) is 43.5 Å². The van der Waals surface area contributed by atoms with Gasteiger partial charge < -0.3 is 14.5 Å². The highest BCUT2D eigenvalue weighted by molar-refractivity contribution is 5.99. The Hall–Kier alpha value is -4.61. The molecule has 246 valence electrons. The van der Waals surface area contributed by atoms with Gasteiger partial charge in [-0.3, -0.25) is 9.69 Å². The maximum absolute atomic E-state index is 17.0. The first-order valence-electron chi connectivity index (χ1n) is 16.7. The summed E-state index contributed by atoms with van der Waals surface area (Å²) in [6.07, 6.45) is 3.04. The number of anilines is 1. The summed E-state index contributed by atoms with van der Waals surface area (Å²) >= 11 is 0. The Morgan fingerprint density at radius 2 is 2.00 bits per heavy atom. The normalized spacial score (nSPS) is 27.3. The van der Waals surface area contributed by atoms with Crippen LogP contribution in [0.15, 0.2) is 42.7 Å². The largest absolute Gasteiger partial charge is 0.475 e. The van der Waals surface area contributed by atoms with Crippen molar-refractivity contribution in [3.63, 3.8) is 0 Å². The number of rotatable bonds is 7. The average molecular weight is 653 g/mol. The van der Waals surface area contributed by atoms with Crippen LogP contribution in [0, 0.1) is 34.4 Å². The van der Waals surface area contributed by atoms with E-state index < -0.39 is 35.3 Å². The molecule has 8 nitrogen and oxygen atoms in total. The maximum Gasteiger partial charge on any atom is 0.282 e. The lowest BCUT2D eigenvalue weighted by Gasteiger charge is -2.42. The van der Waals surface area contributed by atoms with Gasteiger partial charge in [-0.1, -0.05) is 30.8 Å². The van der Waals surface area contributed by atoms with E-state index in [-0.39, 0.29) is 49.6 Å². The van der Waals surface area contributed by atoms with Crippen LogP contribution >= 0.6 is 0 Å². The van der Waals surface area contributed by atoms with Crippen LogP contribution in [0.25, 0.3) is 22.0 Å². The molecule has 5 atom stereocenters. The smallest absolute Gasteiger partial charge is 0.282 e. The monoisotopic (exact) mass is 652 g/mol. The fourth-order valence-electron chi connectivity index (χ4n) is 8.99. The van der Waals surface area contributed by atoms with E-state index in [1.54, 1.807) is 12.1 Å². The number of nitrogens with zero attached hydrogens (tertiary/aromatic N) is 6. The number of hydrogen-bond donors (Lipinski definition) is 0. The molecule has 1 saturated carbocycles. The number of nitriles is 2. The van der Waals surface area contributed by atoms with Crippen LogP contribution in [-0.4, -0.2) is 77.8 Å². The van der Waals surface area contributed by atoms with Crippen molar-refractivity contribution in [2.24, 2.45) is 5.92 Å². The number of pyridine rings is 1. The molecule has 0 radical (unpaired) electrons. The first-order chi connectivity index (χ1) is 23.2. The zero-order valence-corrected chi connectivity index (χ0v) is 26.5. The first-order valence-corrected chi connectivity index (χ1v) is 16.7. The third-order valence-corrected chi connectivity index (χ3v) is 11.3. The molecule has 2 aliphatic carbocycles. The van der Waals surface area contributed by atoms with Crippen molar-refractivity contribution in [3.05, 3.63) is 65.2 Å². The fraction of sp³-hybridized carbons (Fsp3) is 0.459. The van der Waals surface area contributed by atoms with Gasteiger partial charge in [-0.15, -0.1) is 0 Å². The van der Waals surface area contributed by atoms with Crippen LogP contribution in [0.2, 0.25) is 0 Å². The van der Waals surface area contributed by atoms with E-state index in [1.807, 2.05) is 17.0 Å². The number of halogens is 3. The summed E-state index contributed by atoms with van der Waals surface area (Å²) in [4.78, 5) is 22.5. The van der Waals surface area contributed by atoms with Crippen LogP contribution in [0.4, 0.5) is 18.9 Å². The Kier molecular flexibility index (Phi) is 7.37. The number of carbonyl (C=O) groups is 1. The molecule has 1 aromatic heterocycles. The summed E-state index contributed by atoms with van der Waals surface area (Å²) in [5, 5.41) is 20.6. The van der Waals surface area contributed by atoms with Crippen molar-refractivity contribution in [3.8, 4) is 29.1 Å². The number of ether oxygens (including phenoxy) is 1. The zero-order chi connectivity index (χ0) is 33.3. The van der Waals surface area contributed by atoms with Crippen LogP contribution < -0.4 is 9.64 Å². The number of aromatic nitrogens is 1. The summed E-state index contributed by atoms with van der Waals surface area (Å²) in [6.45, 7) is 4.70. The van der Waals surface area contributed by atoms with Crippen LogP contribution in [-0.2, 0) is 11.2 Å². The van der Waals surface area contributed by atoms with Crippen molar-refractivity contribution >= 4 is 22.5 Å². The predicted octanol–water partition coefficient (Wildman–Crippen LogP) is 5.94. The van der Waals surface area contributed by atoms with Gasteiger partial charge in [0.2, 0.25) is 5.88 Å². The molecule has 4 fully saturated rings. The van der Waals surface area contributed by atoms with Gasteiger partial charge in [0.05, 0.1) is 29.8 Å². The Morgan fingerprint density at radius 1 is 1.15 bits per heavy atom. The summed E-state index contributed by atoms with van der Waals surface area (Å²) in [5.74, 6) is -1.51. The number of fused-ring (bicyclic) bond motifs is 5. The molecule has 0 N–H and O–H groups in total. The van der Waals surface area contributed by atoms with Crippen molar-refractivity contribution in [2.75, 3.05) is 44.2 Å². The van der Waals surface area contributed by atoms with Crippen molar-refractivity contribution in [2.45, 2.75) is 62.2 Å². The molecular formula is C37H35F3N6O2. The molecule has 3 saturated heterocycles. The van der Waals surface area contributed by atoms with Crippen molar-refractivity contribution in [1.82, 2.24) is 14.8 Å². The van der Waals surface area contributed by atoms with E-state index in [2.05, 4.69) is 34.7 Å². The second-order valence-electron chi connectivity index (χ2n) is 14.0. The number of benzene rings is 2. The van der Waals surface area contributed by atoms with Gasteiger partial charge in [0.25, 0.3) is 5.91 Å². The van der Waals surface area contributed by atoms with E-state index in [0.717, 1.165) is 37.8 Å². The second kappa shape index (κ2) is 11.5. The van der Waals surface area contributed by atoms with E-state index in [0.29, 0.717) is 41.4 Å². The molecule has 5 aliphatic rings. The van der Waals surface area contributed by atoms with Crippen molar-refractivity contribution in [1.29, 1.82) is 10.5 Å². The first kappa shape index (κ1) is 30.7. The van der Waals surface area contributed by atoms with E-state index in [1.165, 1.54) is 16.0 Å². The lowest BCUT2D eigenvalue weighted by atomic mass is 9.92. The van der Waals surface area contributed by atoms with Gasteiger partial charge in [0.1, 0.15) is 29.9 Å². The standard InChI is InChI=1S/C37H35F3N6O2/c1-21(38)36(47)46-13-12-44(19-25(46)8-10-41)34-28-7-6-27(26-5-2-4-22-14-23-15-29(23)31(22)26)32(40)33(28)43-35(30(34)17-42)48-20-37-9-3-11-45(37)18-24(39)16-37/h2,4-7,23-25,29H,1,3,8-9,11-16,18-20H2/t23?,24-,25+,29?,37?/m1/s1. The summed E-state index contributed by atoms with van der Waals surface area (Å²) < 4.78 is 51.8. The molecule has 1 amide bonds. The van der Waals surface area contributed by atoms with Crippen LogP contribution in [0.3, 0.4) is 0 Å². The number of piperazine rings is 1. The Balaban J connectivity index is 1.25. The molecule has 0 spiro atoms. The minimum Gasteiger partial charge on any atom is -0.475 e. The van der Waals surface area contributed by atoms with E-state index in [4.69, 9.17) is 4.74 Å². The van der Waals surface area contributed by atoms with Crippen LogP contribution in [0.5, 0.6) is 5.88 Å². The highest BCUT2D eigenvalue weighted by Gasteiger charge is 2.50. The Bertz CT molecular complexity index is 1950. The summed E-state index contributed by atoms with van der Waals surface area (Å²) in [5.41, 5.74) is 3.72. The zero-order valence-electron chi connectivity index (χ0n) is 26.5. The van der Waals surface area contributed by atoms with E-state index >= 15 is 4.39 Å². The maximum atomic E-state index is 17.0. The third kappa shape index (κ3) is 4.82. The Morgan fingerprint density at radius 3 is 2.79 bits per heavy atom. The summed E-state index contributed by atoms with van der Waals surface area (Å²) in [7, 11) is 0. The predicted molar refractivity (Wildman–Crippen MR) is 173 cm³/mol. The van der Waals surface area contributed by atoms with Crippen LogP contribution in [0.1, 0.15) is 54.7 Å².